The zero-order valence-electron chi connectivity index (χ0n) is 8.81. The second kappa shape index (κ2) is 5.55. The summed E-state index contributed by atoms with van der Waals surface area (Å²) in [6.07, 6.45) is 0.843. The summed E-state index contributed by atoms with van der Waals surface area (Å²) in [5.74, 6) is 0. The number of benzene rings is 1. The van der Waals surface area contributed by atoms with E-state index >= 15 is 0 Å². The zero-order valence-corrected chi connectivity index (χ0v) is 8.81. The summed E-state index contributed by atoms with van der Waals surface area (Å²) in [5.41, 5.74) is 1.59. The van der Waals surface area contributed by atoms with Crippen molar-refractivity contribution in [1.29, 1.82) is 10.5 Å². The molecule has 0 bridgehead atoms. The van der Waals surface area contributed by atoms with Gasteiger partial charge in [0.15, 0.2) is 0 Å². The number of rotatable bonds is 3. The van der Waals surface area contributed by atoms with Gasteiger partial charge in [0.25, 0.3) is 0 Å². The molecule has 0 aliphatic heterocycles. The van der Waals surface area contributed by atoms with Crippen molar-refractivity contribution in [1.82, 2.24) is 0 Å². The summed E-state index contributed by atoms with van der Waals surface area (Å²) in [6, 6.07) is 10.6. The van der Waals surface area contributed by atoms with Crippen molar-refractivity contribution in [2.24, 2.45) is 0 Å². The van der Waals surface area contributed by atoms with Crippen LogP contribution in [0.15, 0.2) is 36.0 Å². The first kappa shape index (κ1) is 11.8. The van der Waals surface area contributed by atoms with E-state index in [0.29, 0.717) is 0 Å². The lowest BCUT2D eigenvalue weighted by atomic mass is 10.1. The normalized spacial score (nSPS) is 10.8. The minimum atomic E-state index is -0.502. The predicted molar refractivity (Wildman–Crippen MR) is 60.0 cm³/mol. The Morgan fingerprint density at radius 3 is 2.31 bits per heavy atom. The molecule has 16 heavy (non-hydrogen) atoms. The molecule has 4 nitrogen and oxygen atoms in total. The summed E-state index contributed by atoms with van der Waals surface area (Å²) in [5, 5.41) is 29.1. The van der Waals surface area contributed by atoms with Gasteiger partial charge in [-0.05, 0) is 24.6 Å². The highest BCUT2D eigenvalue weighted by molar-refractivity contribution is 5.50. The maximum Gasteiger partial charge on any atom is 0.145 e. The summed E-state index contributed by atoms with van der Waals surface area (Å²) >= 11 is 0. The summed E-state index contributed by atoms with van der Waals surface area (Å²) < 4.78 is 0. The molecule has 0 fully saturated rings. The van der Waals surface area contributed by atoms with Crippen LogP contribution in [0.25, 0.3) is 0 Å². The number of aliphatic hydroxyl groups is 1. The molecule has 0 aliphatic carbocycles. The Labute approximate surface area is 94.1 Å². The SMILES string of the molecule is CC(O)c1ccc(NC=C(C#N)C#N)cc1. The van der Waals surface area contributed by atoms with Crippen LogP contribution in [0.4, 0.5) is 5.69 Å². The van der Waals surface area contributed by atoms with Crippen molar-refractivity contribution in [3.63, 3.8) is 0 Å². The van der Waals surface area contributed by atoms with E-state index in [9.17, 15) is 5.11 Å². The van der Waals surface area contributed by atoms with Crippen LogP contribution in [-0.2, 0) is 0 Å². The molecule has 4 heteroatoms. The summed E-state index contributed by atoms with van der Waals surface area (Å²) in [4.78, 5) is 0. The van der Waals surface area contributed by atoms with Gasteiger partial charge in [-0.25, -0.2) is 0 Å². The van der Waals surface area contributed by atoms with Crippen LogP contribution in [0.5, 0.6) is 0 Å². The van der Waals surface area contributed by atoms with E-state index in [2.05, 4.69) is 5.32 Å². The Kier molecular flexibility index (Phi) is 4.08. The molecule has 0 radical (unpaired) electrons. The van der Waals surface area contributed by atoms with Gasteiger partial charge in [0, 0.05) is 11.9 Å². The maximum absolute atomic E-state index is 9.29. The van der Waals surface area contributed by atoms with Gasteiger partial charge in [0.1, 0.15) is 17.7 Å². The maximum atomic E-state index is 9.29. The zero-order chi connectivity index (χ0) is 12.0. The topological polar surface area (TPSA) is 79.8 Å². The minimum absolute atomic E-state index is 0.0135. The first-order valence-corrected chi connectivity index (χ1v) is 4.72. The number of nitriles is 2. The van der Waals surface area contributed by atoms with Crippen molar-refractivity contribution >= 4 is 5.69 Å². The van der Waals surface area contributed by atoms with E-state index in [1.54, 1.807) is 43.3 Å². The van der Waals surface area contributed by atoms with Crippen molar-refractivity contribution in [2.75, 3.05) is 5.32 Å². The molecule has 0 spiro atoms. The van der Waals surface area contributed by atoms with Gasteiger partial charge < -0.3 is 10.4 Å². The summed E-state index contributed by atoms with van der Waals surface area (Å²) in [7, 11) is 0. The predicted octanol–water partition coefficient (Wildman–Crippen LogP) is 2.08. The molecule has 0 amide bonds. The molecule has 0 heterocycles. The molecular formula is C12H11N3O. The molecule has 0 aromatic heterocycles. The number of hydrogen-bond donors (Lipinski definition) is 2. The van der Waals surface area contributed by atoms with Gasteiger partial charge >= 0.3 is 0 Å². The van der Waals surface area contributed by atoms with Crippen LogP contribution in [0.1, 0.15) is 18.6 Å². The molecule has 0 saturated heterocycles. The van der Waals surface area contributed by atoms with E-state index in [1.807, 2.05) is 0 Å². The minimum Gasteiger partial charge on any atom is -0.389 e. The Morgan fingerprint density at radius 1 is 1.31 bits per heavy atom. The average molecular weight is 213 g/mol. The van der Waals surface area contributed by atoms with E-state index in [1.165, 1.54) is 6.20 Å². The fraction of sp³-hybridized carbons (Fsp3) is 0.167. The Morgan fingerprint density at radius 2 is 1.88 bits per heavy atom. The van der Waals surface area contributed by atoms with E-state index < -0.39 is 6.10 Å². The van der Waals surface area contributed by atoms with Crippen LogP contribution in [-0.4, -0.2) is 5.11 Å². The van der Waals surface area contributed by atoms with Crippen molar-refractivity contribution < 1.29 is 5.11 Å². The van der Waals surface area contributed by atoms with Crippen LogP contribution in [0.3, 0.4) is 0 Å². The Hall–Kier alpha value is -2.30. The fourth-order valence-electron chi connectivity index (χ4n) is 1.10. The van der Waals surface area contributed by atoms with Gasteiger partial charge in [-0.2, -0.15) is 10.5 Å². The molecule has 1 aromatic rings. The quantitative estimate of drug-likeness (QED) is 0.753. The Balaban J connectivity index is 2.75. The molecule has 1 rings (SSSR count). The number of nitrogens with zero attached hydrogens (tertiary/aromatic N) is 2. The van der Waals surface area contributed by atoms with Gasteiger partial charge in [-0.15, -0.1) is 0 Å². The number of nitrogens with one attached hydrogen (secondary N) is 1. The van der Waals surface area contributed by atoms with Gasteiger partial charge in [-0.3, -0.25) is 0 Å². The molecule has 0 aliphatic rings. The number of hydrogen-bond acceptors (Lipinski definition) is 4. The number of allylic oxidation sites excluding steroid dienone is 1. The van der Waals surface area contributed by atoms with Gasteiger partial charge in [0.2, 0.25) is 0 Å². The number of aliphatic hydroxyl groups excluding tert-OH is 1. The van der Waals surface area contributed by atoms with Crippen LogP contribution < -0.4 is 5.32 Å². The molecule has 2 N–H and O–H groups in total. The van der Waals surface area contributed by atoms with Crippen LogP contribution >= 0.6 is 0 Å². The third kappa shape index (κ3) is 3.13. The van der Waals surface area contributed by atoms with Gasteiger partial charge in [-0.1, -0.05) is 12.1 Å². The number of anilines is 1. The third-order valence-electron chi connectivity index (χ3n) is 2.02. The third-order valence-corrected chi connectivity index (χ3v) is 2.02. The molecular weight excluding hydrogens is 202 g/mol. The lowest BCUT2D eigenvalue weighted by molar-refractivity contribution is 0.199. The largest absolute Gasteiger partial charge is 0.389 e. The molecule has 1 aromatic carbocycles. The standard InChI is InChI=1S/C12H11N3O/c1-9(16)11-2-4-12(5-3-11)15-8-10(6-13)7-14/h2-5,8-9,15-16H,1H3. The smallest absolute Gasteiger partial charge is 0.145 e. The van der Waals surface area contributed by atoms with Crippen LogP contribution in [0, 0.1) is 22.7 Å². The van der Waals surface area contributed by atoms with E-state index in [-0.39, 0.29) is 5.57 Å². The van der Waals surface area contributed by atoms with Crippen molar-refractivity contribution in [2.45, 2.75) is 13.0 Å². The van der Waals surface area contributed by atoms with E-state index in [0.717, 1.165) is 11.3 Å². The van der Waals surface area contributed by atoms with Crippen molar-refractivity contribution in [3.8, 4) is 12.1 Å². The lowest BCUT2D eigenvalue weighted by Crippen LogP contribution is -1.93. The van der Waals surface area contributed by atoms with Gasteiger partial charge in [0.05, 0.1) is 6.10 Å². The summed E-state index contributed by atoms with van der Waals surface area (Å²) in [6.45, 7) is 1.69. The lowest BCUT2D eigenvalue weighted by Gasteiger charge is -2.05. The fourth-order valence-corrected chi connectivity index (χ4v) is 1.10. The molecule has 1 atom stereocenters. The average Bonchev–Trinajstić information content (AvgIpc) is 2.31. The Bertz CT molecular complexity index is 445. The second-order valence-electron chi connectivity index (χ2n) is 3.22. The molecule has 1 unspecified atom stereocenters. The second-order valence-corrected chi connectivity index (χ2v) is 3.22. The monoisotopic (exact) mass is 213 g/mol. The van der Waals surface area contributed by atoms with Crippen molar-refractivity contribution in [3.05, 3.63) is 41.6 Å². The van der Waals surface area contributed by atoms with E-state index in [4.69, 9.17) is 10.5 Å². The van der Waals surface area contributed by atoms with Crippen LogP contribution in [0.2, 0.25) is 0 Å². The highest BCUT2D eigenvalue weighted by Gasteiger charge is 1.99. The first-order valence-electron chi connectivity index (χ1n) is 4.72. The molecule has 0 saturated carbocycles. The highest BCUT2D eigenvalue weighted by atomic mass is 16.3. The molecule has 80 valence electrons. The highest BCUT2D eigenvalue weighted by Crippen LogP contribution is 2.15. The first-order chi connectivity index (χ1) is 7.67.